The Morgan fingerprint density at radius 3 is 3.00 bits per heavy atom. The number of amides is 1. The second-order valence-corrected chi connectivity index (χ2v) is 6.89. The minimum Gasteiger partial charge on any atom is -0.338 e. The van der Waals surface area contributed by atoms with Gasteiger partial charge in [0.15, 0.2) is 0 Å². The highest BCUT2D eigenvalue weighted by Crippen LogP contribution is 2.32. The Morgan fingerprint density at radius 1 is 1.40 bits per heavy atom. The van der Waals surface area contributed by atoms with Gasteiger partial charge in [0.1, 0.15) is 0 Å². The lowest BCUT2D eigenvalue weighted by Gasteiger charge is -2.32. The van der Waals surface area contributed by atoms with Crippen LogP contribution in [-0.4, -0.2) is 30.4 Å². The van der Waals surface area contributed by atoms with Crippen molar-refractivity contribution in [3.05, 3.63) is 21.4 Å². The summed E-state index contributed by atoms with van der Waals surface area (Å²) in [6.45, 7) is 2.56. The third-order valence-corrected chi connectivity index (χ3v) is 5.56. The average molecular weight is 315 g/mol. The van der Waals surface area contributed by atoms with Crippen LogP contribution in [-0.2, 0) is 12.8 Å². The number of carbonyl (C=O) groups excluding carboxylic acids is 1. The van der Waals surface area contributed by atoms with E-state index in [1.54, 1.807) is 11.3 Å². The van der Waals surface area contributed by atoms with Crippen molar-refractivity contribution in [3.63, 3.8) is 0 Å². The van der Waals surface area contributed by atoms with Crippen LogP contribution in [0.15, 0.2) is 6.07 Å². The Labute approximate surface area is 130 Å². The molecule has 2 heterocycles. The van der Waals surface area contributed by atoms with E-state index in [0.717, 1.165) is 43.8 Å². The Balaban J connectivity index is 0.00000147. The Bertz CT molecular complexity index is 451. The molecule has 1 aliphatic heterocycles. The molecule has 1 atom stereocenters. The smallest absolute Gasteiger partial charge is 0.263 e. The Hall–Kier alpha value is -0.580. The first-order chi connectivity index (χ1) is 9.28. The van der Waals surface area contributed by atoms with Gasteiger partial charge in [-0.1, -0.05) is 0 Å². The molecule has 3 nitrogen and oxygen atoms in total. The standard InChI is InChI=1S/C15H22N2OS.ClH/c16-7-6-11-3-2-8-17(10-11)15(18)14-9-12-4-1-5-13(12)19-14;/h9,11H,1-8,10,16H2;1H. The highest BCUT2D eigenvalue weighted by molar-refractivity contribution is 7.14. The molecule has 1 aromatic heterocycles. The third-order valence-electron chi connectivity index (χ3n) is 4.34. The van der Waals surface area contributed by atoms with Gasteiger partial charge in [-0.25, -0.2) is 0 Å². The number of likely N-dealkylation sites (tertiary alicyclic amines) is 1. The van der Waals surface area contributed by atoms with Gasteiger partial charge in [-0.05, 0) is 62.6 Å². The molecule has 1 saturated heterocycles. The van der Waals surface area contributed by atoms with Gasteiger partial charge >= 0.3 is 0 Å². The van der Waals surface area contributed by atoms with E-state index in [1.165, 1.54) is 29.7 Å². The van der Waals surface area contributed by atoms with Crippen LogP contribution in [0.3, 0.4) is 0 Å². The van der Waals surface area contributed by atoms with E-state index in [0.29, 0.717) is 5.92 Å². The number of carbonyl (C=O) groups is 1. The molecule has 112 valence electrons. The largest absolute Gasteiger partial charge is 0.338 e. The number of halogens is 1. The molecule has 1 aliphatic carbocycles. The predicted molar refractivity (Wildman–Crippen MR) is 85.9 cm³/mol. The molecule has 2 N–H and O–H groups in total. The molecule has 0 saturated carbocycles. The molecule has 0 aromatic carbocycles. The summed E-state index contributed by atoms with van der Waals surface area (Å²) in [7, 11) is 0. The molecule has 3 rings (SSSR count). The second-order valence-electron chi connectivity index (χ2n) is 5.75. The summed E-state index contributed by atoms with van der Waals surface area (Å²) in [6, 6.07) is 2.14. The molecular weight excluding hydrogens is 292 g/mol. The van der Waals surface area contributed by atoms with Crippen LogP contribution in [0.1, 0.15) is 45.8 Å². The summed E-state index contributed by atoms with van der Waals surface area (Å²) in [4.78, 5) is 17.0. The van der Waals surface area contributed by atoms with Crippen molar-refractivity contribution in [2.24, 2.45) is 11.7 Å². The number of hydrogen-bond donors (Lipinski definition) is 1. The fraction of sp³-hybridized carbons (Fsp3) is 0.667. The van der Waals surface area contributed by atoms with Gasteiger partial charge in [-0.15, -0.1) is 23.7 Å². The summed E-state index contributed by atoms with van der Waals surface area (Å²) in [5, 5.41) is 0. The Kier molecular flexibility index (Phi) is 5.47. The van der Waals surface area contributed by atoms with Crippen LogP contribution in [0.2, 0.25) is 0 Å². The van der Waals surface area contributed by atoms with Crippen molar-refractivity contribution < 1.29 is 4.79 Å². The predicted octanol–water partition coefficient (Wildman–Crippen LogP) is 2.86. The minimum atomic E-state index is 0. The van der Waals surface area contributed by atoms with E-state index in [9.17, 15) is 4.79 Å². The number of piperidine rings is 1. The highest BCUT2D eigenvalue weighted by atomic mass is 35.5. The number of nitrogens with two attached hydrogens (primary N) is 1. The molecule has 20 heavy (non-hydrogen) atoms. The van der Waals surface area contributed by atoms with Crippen LogP contribution in [0.25, 0.3) is 0 Å². The number of rotatable bonds is 3. The zero-order chi connectivity index (χ0) is 13.2. The van der Waals surface area contributed by atoms with Crippen LogP contribution in [0.4, 0.5) is 0 Å². The maximum atomic E-state index is 12.6. The Morgan fingerprint density at radius 2 is 2.25 bits per heavy atom. The fourth-order valence-corrected chi connectivity index (χ4v) is 4.53. The third kappa shape index (κ3) is 3.18. The van der Waals surface area contributed by atoms with Gasteiger partial charge in [0, 0.05) is 18.0 Å². The lowest BCUT2D eigenvalue weighted by atomic mass is 9.95. The van der Waals surface area contributed by atoms with Crippen LogP contribution in [0.5, 0.6) is 0 Å². The highest BCUT2D eigenvalue weighted by Gasteiger charge is 2.26. The molecule has 1 amide bonds. The molecular formula is C15H23ClN2OS. The summed E-state index contributed by atoms with van der Waals surface area (Å²) in [5.74, 6) is 0.857. The first-order valence-corrected chi connectivity index (χ1v) is 8.20. The van der Waals surface area contributed by atoms with Gasteiger partial charge in [0.05, 0.1) is 4.88 Å². The van der Waals surface area contributed by atoms with Crippen LogP contribution in [0, 0.1) is 5.92 Å². The lowest BCUT2D eigenvalue weighted by molar-refractivity contribution is 0.0674. The molecule has 5 heteroatoms. The number of nitrogens with zero attached hydrogens (tertiary/aromatic N) is 1. The van der Waals surface area contributed by atoms with Crippen molar-refractivity contribution in [2.45, 2.75) is 38.5 Å². The van der Waals surface area contributed by atoms with Crippen molar-refractivity contribution in [3.8, 4) is 0 Å². The molecule has 1 unspecified atom stereocenters. The van der Waals surface area contributed by atoms with E-state index >= 15 is 0 Å². The van der Waals surface area contributed by atoms with E-state index in [2.05, 4.69) is 6.07 Å². The van der Waals surface area contributed by atoms with Gasteiger partial charge in [0.2, 0.25) is 0 Å². The summed E-state index contributed by atoms with van der Waals surface area (Å²) in [5.41, 5.74) is 7.06. The molecule has 1 fully saturated rings. The topological polar surface area (TPSA) is 46.3 Å². The first kappa shape index (κ1) is 15.8. The van der Waals surface area contributed by atoms with Crippen molar-refractivity contribution in [1.82, 2.24) is 4.90 Å². The zero-order valence-corrected chi connectivity index (χ0v) is 13.4. The summed E-state index contributed by atoms with van der Waals surface area (Å²) >= 11 is 1.72. The molecule has 1 aromatic rings. The van der Waals surface area contributed by atoms with E-state index in [1.807, 2.05) is 4.90 Å². The van der Waals surface area contributed by atoms with E-state index in [4.69, 9.17) is 5.73 Å². The number of thiophene rings is 1. The molecule has 0 bridgehead atoms. The molecule has 0 radical (unpaired) electrons. The van der Waals surface area contributed by atoms with Gasteiger partial charge in [0.25, 0.3) is 5.91 Å². The number of hydrogen-bond acceptors (Lipinski definition) is 3. The maximum absolute atomic E-state index is 12.6. The van der Waals surface area contributed by atoms with Gasteiger partial charge in [-0.3, -0.25) is 4.79 Å². The normalized spacial score (nSPS) is 21.4. The summed E-state index contributed by atoms with van der Waals surface area (Å²) in [6.07, 6.45) is 6.99. The SMILES string of the molecule is Cl.NCCC1CCCN(C(=O)c2cc3c(s2)CCC3)C1. The van der Waals surface area contributed by atoms with Gasteiger partial charge < -0.3 is 10.6 Å². The molecule has 2 aliphatic rings. The maximum Gasteiger partial charge on any atom is 0.263 e. The minimum absolute atomic E-state index is 0. The monoisotopic (exact) mass is 314 g/mol. The van der Waals surface area contributed by atoms with Crippen LogP contribution >= 0.6 is 23.7 Å². The lowest BCUT2D eigenvalue weighted by Crippen LogP contribution is -2.40. The average Bonchev–Trinajstić information content (AvgIpc) is 2.99. The zero-order valence-electron chi connectivity index (χ0n) is 11.8. The number of fused-ring (bicyclic) bond motifs is 1. The first-order valence-electron chi connectivity index (χ1n) is 7.39. The van der Waals surface area contributed by atoms with Crippen molar-refractivity contribution in [1.29, 1.82) is 0 Å². The van der Waals surface area contributed by atoms with Gasteiger partial charge in [-0.2, -0.15) is 0 Å². The second kappa shape index (κ2) is 6.92. The van der Waals surface area contributed by atoms with Crippen molar-refractivity contribution >= 4 is 29.7 Å². The van der Waals surface area contributed by atoms with E-state index < -0.39 is 0 Å². The van der Waals surface area contributed by atoms with E-state index in [-0.39, 0.29) is 18.3 Å². The van der Waals surface area contributed by atoms with Crippen molar-refractivity contribution in [2.75, 3.05) is 19.6 Å². The summed E-state index contributed by atoms with van der Waals surface area (Å²) < 4.78 is 0. The fourth-order valence-electron chi connectivity index (χ4n) is 3.31. The quantitative estimate of drug-likeness (QED) is 0.932. The number of aryl methyl sites for hydroxylation is 2. The van der Waals surface area contributed by atoms with Crippen LogP contribution < -0.4 is 5.73 Å². The molecule has 0 spiro atoms.